The van der Waals surface area contributed by atoms with E-state index >= 15 is 0 Å². The van der Waals surface area contributed by atoms with Crippen LogP contribution in [0.25, 0.3) is 0 Å². The largest absolute Gasteiger partial charge is 0.363 e. The number of nitrogens with zero attached hydrogens (tertiary/aromatic N) is 2. The quantitative estimate of drug-likeness (QED) is 0.649. The predicted molar refractivity (Wildman–Crippen MR) is 66.0 cm³/mol. The van der Waals surface area contributed by atoms with Gasteiger partial charge in [-0.25, -0.2) is 13.4 Å². The standard InChI is InChI=1S/C10H11N3O4S/c1-7-9(13(14)15)2-3-10(11-7)12-8-4-5-18(16,17)6-8/h2-5,8H,6H2,1H3,(H,11,12). The second kappa shape index (κ2) is 4.37. The van der Waals surface area contributed by atoms with Crippen molar-refractivity contribution in [2.75, 3.05) is 11.1 Å². The van der Waals surface area contributed by atoms with Crippen LogP contribution < -0.4 is 5.32 Å². The predicted octanol–water partition coefficient (Wildman–Crippen LogP) is 1.02. The number of aromatic nitrogens is 1. The fraction of sp³-hybridized carbons (Fsp3) is 0.300. The first-order valence-electron chi connectivity index (χ1n) is 5.17. The van der Waals surface area contributed by atoms with Gasteiger partial charge in [0.25, 0.3) is 5.69 Å². The minimum atomic E-state index is -3.13. The van der Waals surface area contributed by atoms with Crippen molar-refractivity contribution >= 4 is 21.3 Å². The number of anilines is 1. The third kappa shape index (κ3) is 2.65. The minimum absolute atomic E-state index is 0.0231. The average Bonchev–Trinajstić information content (AvgIpc) is 2.57. The minimum Gasteiger partial charge on any atom is -0.363 e. The van der Waals surface area contributed by atoms with Gasteiger partial charge in [0.2, 0.25) is 0 Å². The summed E-state index contributed by atoms with van der Waals surface area (Å²) in [4.78, 5) is 14.1. The highest BCUT2D eigenvalue weighted by Crippen LogP contribution is 2.19. The molecule has 2 rings (SSSR count). The lowest BCUT2D eigenvalue weighted by Crippen LogP contribution is -2.21. The van der Waals surface area contributed by atoms with Crippen LogP contribution in [0, 0.1) is 17.0 Å². The van der Waals surface area contributed by atoms with E-state index in [1.807, 2.05) is 0 Å². The van der Waals surface area contributed by atoms with Gasteiger partial charge in [-0.15, -0.1) is 0 Å². The van der Waals surface area contributed by atoms with Crippen molar-refractivity contribution in [1.29, 1.82) is 0 Å². The summed E-state index contributed by atoms with van der Waals surface area (Å²) in [5, 5.41) is 14.7. The third-order valence-electron chi connectivity index (χ3n) is 2.52. The topological polar surface area (TPSA) is 102 Å². The van der Waals surface area contributed by atoms with Crippen LogP contribution in [-0.4, -0.2) is 30.1 Å². The maximum atomic E-state index is 11.2. The summed E-state index contributed by atoms with van der Waals surface area (Å²) in [6.45, 7) is 1.53. The molecule has 1 aliphatic rings. The second-order valence-electron chi connectivity index (χ2n) is 3.97. The Balaban J connectivity index is 2.15. The molecular formula is C10H11N3O4S. The van der Waals surface area contributed by atoms with Crippen LogP contribution in [-0.2, 0) is 9.84 Å². The van der Waals surface area contributed by atoms with E-state index in [9.17, 15) is 18.5 Å². The van der Waals surface area contributed by atoms with Gasteiger partial charge in [-0.3, -0.25) is 10.1 Å². The summed E-state index contributed by atoms with van der Waals surface area (Å²) in [6.07, 6.45) is 1.54. The number of hydrogen-bond acceptors (Lipinski definition) is 6. The lowest BCUT2D eigenvalue weighted by molar-refractivity contribution is -0.385. The van der Waals surface area contributed by atoms with Gasteiger partial charge in [0.15, 0.2) is 9.84 Å². The van der Waals surface area contributed by atoms with E-state index in [1.54, 1.807) is 0 Å². The van der Waals surface area contributed by atoms with E-state index < -0.39 is 14.8 Å². The van der Waals surface area contributed by atoms with Gasteiger partial charge in [-0.1, -0.05) is 0 Å². The highest BCUT2D eigenvalue weighted by Gasteiger charge is 2.22. The molecule has 96 valence electrons. The van der Waals surface area contributed by atoms with Crippen molar-refractivity contribution in [3.63, 3.8) is 0 Å². The summed E-state index contributed by atoms with van der Waals surface area (Å²) in [5.74, 6) is 0.398. The molecule has 0 aliphatic carbocycles. The average molecular weight is 269 g/mol. The molecule has 0 bridgehead atoms. The lowest BCUT2D eigenvalue weighted by atomic mass is 10.3. The molecule has 8 heteroatoms. The second-order valence-corrected chi connectivity index (χ2v) is 5.90. The van der Waals surface area contributed by atoms with Crippen LogP contribution in [0.15, 0.2) is 23.6 Å². The Kier molecular flexibility index (Phi) is 3.04. The van der Waals surface area contributed by atoms with E-state index in [1.165, 1.54) is 25.1 Å². The van der Waals surface area contributed by atoms with Gasteiger partial charge >= 0.3 is 0 Å². The Hall–Kier alpha value is -1.96. The Bertz CT molecular complexity index is 624. The molecule has 2 heterocycles. The Morgan fingerprint density at radius 2 is 2.22 bits per heavy atom. The van der Waals surface area contributed by atoms with Crippen LogP contribution in [0.1, 0.15) is 5.69 Å². The fourth-order valence-electron chi connectivity index (χ4n) is 1.68. The lowest BCUT2D eigenvalue weighted by Gasteiger charge is -2.10. The first-order chi connectivity index (χ1) is 8.37. The first-order valence-corrected chi connectivity index (χ1v) is 6.88. The van der Waals surface area contributed by atoms with E-state index in [0.29, 0.717) is 5.82 Å². The zero-order chi connectivity index (χ0) is 13.3. The van der Waals surface area contributed by atoms with Crippen molar-refractivity contribution in [3.05, 3.63) is 39.4 Å². The molecule has 0 saturated heterocycles. The maximum absolute atomic E-state index is 11.2. The van der Waals surface area contributed by atoms with Gasteiger partial charge in [0.1, 0.15) is 11.5 Å². The molecule has 18 heavy (non-hydrogen) atoms. The van der Waals surface area contributed by atoms with Crippen molar-refractivity contribution < 1.29 is 13.3 Å². The number of pyridine rings is 1. The summed E-state index contributed by atoms with van der Waals surface area (Å²) in [5.41, 5.74) is 0.227. The molecule has 0 aromatic carbocycles. The summed E-state index contributed by atoms with van der Waals surface area (Å²) < 4.78 is 22.4. The fourth-order valence-corrected chi connectivity index (χ4v) is 2.92. The van der Waals surface area contributed by atoms with E-state index in [4.69, 9.17) is 0 Å². The molecule has 0 radical (unpaired) electrons. The van der Waals surface area contributed by atoms with Crippen LogP contribution in [0.3, 0.4) is 0 Å². The van der Waals surface area contributed by atoms with Crippen LogP contribution in [0.2, 0.25) is 0 Å². The normalized spacial score (nSPS) is 20.8. The Labute approximate surface area is 104 Å². The van der Waals surface area contributed by atoms with Gasteiger partial charge in [-0.05, 0) is 19.1 Å². The van der Waals surface area contributed by atoms with Crippen LogP contribution in [0.5, 0.6) is 0 Å². The van der Waals surface area contributed by atoms with Crippen LogP contribution >= 0.6 is 0 Å². The summed E-state index contributed by atoms with van der Waals surface area (Å²) in [7, 11) is -3.13. The Morgan fingerprint density at radius 3 is 2.72 bits per heavy atom. The molecule has 1 aromatic rings. The molecular weight excluding hydrogens is 258 g/mol. The van der Waals surface area contributed by atoms with Gasteiger partial charge < -0.3 is 5.32 Å². The van der Waals surface area contributed by atoms with Gasteiger partial charge in [0.05, 0.1) is 16.7 Å². The number of nitro groups is 1. The molecule has 1 aromatic heterocycles. The monoisotopic (exact) mass is 269 g/mol. The van der Waals surface area contributed by atoms with E-state index in [0.717, 1.165) is 5.41 Å². The molecule has 1 aliphatic heterocycles. The summed E-state index contributed by atoms with van der Waals surface area (Å²) >= 11 is 0. The maximum Gasteiger partial charge on any atom is 0.290 e. The van der Waals surface area contributed by atoms with Crippen molar-refractivity contribution in [2.45, 2.75) is 13.0 Å². The molecule has 0 spiro atoms. The van der Waals surface area contributed by atoms with Crippen LogP contribution in [0.4, 0.5) is 11.5 Å². The number of rotatable bonds is 3. The smallest absolute Gasteiger partial charge is 0.290 e. The molecule has 1 atom stereocenters. The van der Waals surface area contributed by atoms with Gasteiger partial charge in [0, 0.05) is 11.5 Å². The van der Waals surface area contributed by atoms with Gasteiger partial charge in [-0.2, -0.15) is 0 Å². The molecule has 7 nitrogen and oxygen atoms in total. The van der Waals surface area contributed by atoms with Crippen molar-refractivity contribution in [3.8, 4) is 0 Å². The molecule has 0 amide bonds. The zero-order valence-corrected chi connectivity index (χ0v) is 10.3. The number of nitrogens with one attached hydrogen (secondary N) is 1. The van der Waals surface area contributed by atoms with Crippen molar-refractivity contribution in [1.82, 2.24) is 4.98 Å². The third-order valence-corrected chi connectivity index (χ3v) is 3.91. The number of hydrogen-bond donors (Lipinski definition) is 1. The number of sulfone groups is 1. The van der Waals surface area contributed by atoms with E-state index in [-0.39, 0.29) is 23.2 Å². The molecule has 1 unspecified atom stereocenters. The molecule has 0 saturated carbocycles. The van der Waals surface area contributed by atoms with Crippen molar-refractivity contribution in [2.24, 2.45) is 0 Å². The highest BCUT2D eigenvalue weighted by atomic mass is 32.2. The Morgan fingerprint density at radius 1 is 1.50 bits per heavy atom. The summed E-state index contributed by atoms with van der Waals surface area (Å²) in [6, 6.07) is 2.46. The number of aryl methyl sites for hydroxylation is 1. The zero-order valence-electron chi connectivity index (χ0n) is 9.53. The highest BCUT2D eigenvalue weighted by molar-refractivity contribution is 7.94. The van der Waals surface area contributed by atoms with E-state index in [2.05, 4.69) is 10.3 Å². The molecule has 0 fully saturated rings. The molecule has 1 N–H and O–H groups in total. The SMILES string of the molecule is Cc1nc(NC2C=CS(=O)(=O)C2)ccc1[N+](=O)[O-]. The first kappa shape index (κ1) is 12.5.